The molecule has 1 heterocycles. The molecule has 0 aromatic rings. The first-order valence-corrected chi connectivity index (χ1v) is 5.44. The highest BCUT2D eigenvalue weighted by atomic mass is 32.2. The zero-order chi connectivity index (χ0) is 9.52. The third-order valence-corrected chi connectivity index (χ3v) is 2.44. The molecule has 0 aromatic carbocycles. The van der Waals surface area contributed by atoms with Crippen LogP contribution in [0.4, 0.5) is 0 Å². The minimum Gasteiger partial charge on any atom is -0.376 e. The predicted octanol–water partition coefficient (Wildman–Crippen LogP) is 0.955. The van der Waals surface area contributed by atoms with Gasteiger partial charge in [-0.1, -0.05) is 11.8 Å². The van der Waals surface area contributed by atoms with Crippen molar-refractivity contribution in [1.82, 2.24) is 5.32 Å². The van der Waals surface area contributed by atoms with E-state index < -0.39 is 0 Å². The molecule has 1 aliphatic rings. The number of rotatable bonds is 2. The summed E-state index contributed by atoms with van der Waals surface area (Å²) in [4.78, 5) is 4.23. The van der Waals surface area contributed by atoms with Gasteiger partial charge in [0.25, 0.3) is 0 Å². The monoisotopic (exact) mass is 199 g/mol. The van der Waals surface area contributed by atoms with Crippen LogP contribution in [-0.2, 0) is 4.74 Å². The Morgan fingerprint density at radius 1 is 1.85 bits per heavy atom. The quantitative estimate of drug-likeness (QED) is 0.311. The second-order valence-corrected chi connectivity index (χ2v) is 3.52. The molecule has 0 saturated carbocycles. The van der Waals surface area contributed by atoms with E-state index in [1.165, 1.54) is 11.8 Å². The van der Waals surface area contributed by atoms with Crippen LogP contribution in [0.1, 0.15) is 12.8 Å². The Kier molecular flexibility index (Phi) is 4.65. The number of nitriles is 1. The van der Waals surface area contributed by atoms with E-state index in [1.807, 2.05) is 12.4 Å². The molecule has 5 heteroatoms. The summed E-state index contributed by atoms with van der Waals surface area (Å²) in [6.45, 7) is 1.51. The summed E-state index contributed by atoms with van der Waals surface area (Å²) in [5.41, 5.74) is 0. The van der Waals surface area contributed by atoms with Crippen LogP contribution in [0.2, 0.25) is 0 Å². The minimum absolute atomic E-state index is 0.252. The van der Waals surface area contributed by atoms with E-state index in [-0.39, 0.29) is 6.10 Å². The van der Waals surface area contributed by atoms with Gasteiger partial charge < -0.3 is 4.74 Å². The Morgan fingerprint density at radius 3 is 3.23 bits per heavy atom. The van der Waals surface area contributed by atoms with E-state index in [9.17, 15) is 0 Å². The van der Waals surface area contributed by atoms with Crippen molar-refractivity contribution in [2.24, 2.45) is 4.99 Å². The second-order valence-electron chi connectivity index (χ2n) is 2.72. The lowest BCUT2D eigenvalue weighted by molar-refractivity contribution is 0.118. The lowest BCUT2D eigenvalue weighted by Crippen LogP contribution is -2.17. The van der Waals surface area contributed by atoms with E-state index in [1.54, 1.807) is 0 Å². The number of amidine groups is 1. The molecule has 1 unspecified atom stereocenters. The third kappa shape index (κ3) is 3.66. The molecule has 0 bridgehead atoms. The van der Waals surface area contributed by atoms with Crippen LogP contribution in [0, 0.1) is 11.5 Å². The Morgan fingerprint density at radius 2 is 2.69 bits per heavy atom. The van der Waals surface area contributed by atoms with E-state index >= 15 is 0 Å². The van der Waals surface area contributed by atoms with E-state index in [4.69, 9.17) is 10.00 Å². The van der Waals surface area contributed by atoms with Gasteiger partial charge in [0, 0.05) is 6.61 Å². The fourth-order valence-corrected chi connectivity index (χ4v) is 1.53. The molecule has 1 atom stereocenters. The normalized spacial score (nSPS) is 22.8. The van der Waals surface area contributed by atoms with Gasteiger partial charge in [-0.15, -0.1) is 0 Å². The molecule has 13 heavy (non-hydrogen) atoms. The van der Waals surface area contributed by atoms with Gasteiger partial charge in [0.1, 0.15) is 0 Å². The van der Waals surface area contributed by atoms with Crippen LogP contribution in [0.25, 0.3) is 0 Å². The number of ether oxygens (including phenoxy) is 1. The topological polar surface area (TPSA) is 57.4 Å². The first-order chi connectivity index (χ1) is 6.36. The van der Waals surface area contributed by atoms with Gasteiger partial charge in [-0.25, -0.2) is 0 Å². The molecule has 72 valence electrons. The number of nitrogens with zero attached hydrogens (tertiary/aromatic N) is 2. The van der Waals surface area contributed by atoms with Crippen molar-refractivity contribution in [1.29, 1.82) is 5.26 Å². The fraction of sp³-hybridized carbons (Fsp3) is 0.750. The molecular weight excluding hydrogens is 186 g/mol. The Labute approximate surface area is 82.4 Å². The van der Waals surface area contributed by atoms with Crippen molar-refractivity contribution in [2.45, 2.75) is 18.9 Å². The average molecular weight is 199 g/mol. The molecule has 1 aliphatic heterocycles. The smallest absolute Gasteiger partial charge is 0.183 e. The maximum absolute atomic E-state index is 8.37. The molecule has 0 spiro atoms. The Bertz CT molecular complexity index is 218. The van der Waals surface area contributed by atoms with E-state index in [0.29, 0.717) is 11.7 Å². The summed E-state index contributed by atoms with van der Waals surface area (Å²) >= 11 is 1.44. The molecule has 4 nitrogen and oxygen atoms in total. The molecule has 1 saturated heterocycles. The van der Waals surface area contributed by atoms with Crippen LogP contribution in [0.5, 0.6) is 0 Å². The standard InChI is InChI=1S/C8H13N3OS/c1-13-8(11-6-9)10-5-7-3-2-4-12-7/h7H,2-5H2,1H3,(H,10,11). The molecule has 1 fully saturated rings. The van der Waals surface area contributed by atoms with Gasteiger partial charge in [0.15, 0.2) is 11.4 Å². The largest absolute Gasteiger partial charge is 0.376 e. The first kappa shape index (κ1) is 10.4. The second kappa shape index (κ2) is 5.84. The molecule has 0 radical (unpaired) electrons. The Balaban J connectivity index is 2.30. The average Bonchev–Trinajstić information content (AvgIpc) is 2.64. The molecule has 0 aliphatic carbocycles. The van der Waals surface area contributed by atoms with Gasteiger partial charge in [0.2, 0.25) is 0 Å². The summed E-state index contributed by atoms with van der Waals surface area (Å²) in [5, 5.41) is 11.6. The van der Waals surface area contributed by atoms with Gasteiger partial charge in [-0.05, 0) is 19.1 Å². The van der Waals surface area contributed by atoms with Crippen molar-refractivity contribution in [2.75, 3.05) is 19.4 Å². The van der Waals surface area contributed by atoms with Crippen molar-refractivity contribution in [3.05, 3.63) is 0 Å². The predicted molar refractivity (Wildman–Crippen MR) is 53.5 cm³/mol. The number of nitrogens with one attached hydrogen (secondary N) is 1. The van der Waals surface area contributed by atoms with Crippen molar-refractivity contribution < 1.29 is 4.74 Å². The number of thioether (sulfide) groups is 1. The van der Waals surface area contributed by atoms with Gasteiger partial charge in [-0.3, -0.25) is 10.3 Å². The van der Waals surface area contributed by atoms with Crippen molar-refractivity contribution in [3.63, 3.8) is 0 Å². The lowest BCUT2D eigenvalue weighted by Gasteiger charge is -2.05. The zero-order valence-electron chi connectivity index (χ0n) is 7.62. The van der Waals surface area contributed by atoms with E-state index in [0.717, 1.165) is 19.4 Å². The maximum atomic E-state index is 8.37. The van der Waals surface area contributed by atoms with Crippen LogP contribution in [0.3, 0.4) is 0 Å². The summed E-state index contributed by atoms with van der Waals surface area (Å²) in [7, 11) is 0. The Hall–Kier alpha value is -0.730. The summed E-state index contributed by atoms with van der Waals surface area (Å²) in [5.74, 6) is 0. The zero-order valence-corrected chi connectivity index (χ0v) is 8.43. The number of hydrogen-bond acceptors (Lipinski definition) is 4. The van der Waals surface area contributed by atoms with Crippen LogP contribution in [-0.4, -0.2) is 30.7 Å². The number of aliphatic imine (C=N–C) groups is 1. The highest BCUT2D eigenvalue weighted by Crippen LogP contribution is 2.12. The highest BCUT2D eigenvalue weighted by Gasteiger charge is 2.14. The van der Waals surface area contributed by atoms with Gasteiger partial charge in [-0.2, -0.15) is 5.26 Å². The highest BCUT2D eigenvalue weighted by molar-refractivity contribution is 8.13. The minimum atomic E-state index is 0.252. The molecule has 0 aromatic heterocycles. The van der Waals surface area contributed by atoms with Crippen LogP contribution < -0.4 is 5.32 Å². The van der Waals surface area contributed by atoms with Crippen LogP contribution in [0.15, 0.2) is 4.99 Å². The first-order valence-electron chi connectivity index (χ1n) is 4.22. The summed E-state index contributed by atoms with van der Waals surface area (Å²) in [6.07, 6.45) is 6.20. The van der Waals surface area contributed by atoms with Crippen LogP contribution >= 0.6 is 11.8 Å². The summed E-state index contributed by atoms with van der Waals surface area (Å²) < 4.78 is 5.40. The molecule has 1 N–H and O–H groups in total. The van der Waals surface area contributed by atoms with Crippen molar-refractivity contribution >= 4 is 16.9 Å². The molecule has 1 rings (SSSR count). The van der Waals surface area contributed by atoms with E-state index in [2.05, 4.69) is 10.3 Å². The lowest BCUT2D eigenvalue weighted by atomic mass is 10.2. The van der Waals surface area contributed by atoms with Gasteiger partial charge in [0.05, 0.1) is 12.6 Å². The third-order valence-electron chi connectivity index (χ3n) is 1.82. The van der Waals surface area contributed by atoms with Crippen molar-refractivity contribution in [3.8, 4) is 6.19 Å². The molecule has 0 amide bonds. The summed E-state index contributed by atoms with van der Waals surface area (Å²) in [6, 6.07) is 0. The maximum Gasteiger partial charge on any atom is 0.183 e. The number of hydrogen-bond donors (Lipinski definition) is 1. The SMILES string of the molecule is CSC(=NCC1CCCO1)NC#N. The van der Waals surface area contributed by atoms with Gasteiger partial charge >= 0.3 is 0 Å². The fourth-order valence-electron chi connectivity index (χ4n) is 1.18. The molecular formula is C8H13N3OS.